The maximum Gasteiger partial charge on any atom is 0.344 e. The molecule has 1 atom stereocenters. The molecule has 0 radical (unpaired) electrons. The number of furan rings is 1. The summed E-state index contributed by atoms with van der Waals surface area (Å²) in [5.41, 5.74) is 1.41. The zero-order valence-corrected chi connectivity index (χ0v) is 12.1. The van der Waals surface area contributed by atoms with Crippen molar-refractivity contribution in [2.24, 2.45) is 0 Å². The summed E-state index contributed by atoms with van der Waals surface area (Å²) in [6.45, 7) is 1.77. The maximum absolute atomic E-state index is 11.0. The lowest BCUT2D eigenvalue weighted by molar-refractivity contribution is -0.145. The van der Waals surface area contributed by atoms with Crippen molar-refractivity contribution >= 4 is 39.5 Å². The van der Waals surface area contributed by atoms with E-state index in [4.69, 9.17) is 25.9 Å². The number of carboxylic acids is 1. The van der Waals surface area contributed by atoms with Crippen LogP contribution in [0.15, 0.2) is 40.8 Å². The Kier molecular flexibility index (Phi) is 3.47. The number of ether oxygens (including phenoxy) is 1. The van der Waals surface area contributed by atoms with Crippen LogP contribution in [-0.2, 0) is 4.79 Å². The minimum Gasteiger partial charge on any atom is -0.479 e. The van der Waals surface area contributed by atoms with Crippen molar-refractivity contribution in [3.8, 4) is 5.75 Å². The molecule has 0 amide bonds. The van der Waals surface area contributed by atoms with Gasteiger partial charge in [-0.1, -0.05) is 18.5 Å². The van der Waals surface area contributed by atoms with E-state index in [1.807, 2.05) is 6.07 Å². The van der Waals surface area contributed by atoms with Crippen LogP contribution in [0.25, 0.3) is 21.9 Å². The molecule has 1 aromatic heterocycles. The molecule has 0 saturated heterocycles. The topological polar surface area (TPSA) is 59.7 Å². The van der Waals surface area contributed by atoms with Crippen molar-refractivity contribution in [2.75, 3.05) is 0 Å². The van der Waals surface area contributed by atoms with Crippen LogP contribution in [0, 0.1) is 0 Å². The Bertz CT molecular complexity index is 822. The normalized spacial score (nSPS) is 12.7. The monoisotopic (exact) mass is 304 g/mol. The smallest absolute Gasteiger partial charge is 0.344 e. The molecule has 108 valence electrons. The standard InChI is InChI=1S/C16H13ClO4/c1-2-13(16(18)19)20-10-4-6-14-12(8-10)11-5-3-9(17)7-15(11)21-14/h3-8,13H,2H2,1H3,(H,18,19). The molecule has 0 aliphatic carbocycles. The predicted molar refractivity (Wildman–Crippen MR) is 81.1 cm³/mol. The Labute approximate surface area is 125 Å². The summed E-state index contributed by atoms with van der Waals surface area (Å²) in [5.74, 6) is -0.462. The van der Waals surface area contributed by atoms with Crippen molar-refractivity contribution < 1.29 is 19.1 Å². The third-order valence-electron chi connectivity index (χ3n) is 3.33. The zero-order chi connectivity index (χ0) is 15.0. The average Bonchev–Trinajstić information content (AvgIpc) is 2.81. The molecular weight excluding hydrogens is 292 g/mol. The highest BCUT2D eigenvalue weighted by atomic mass is 35.5. The van der Waals surface area contributed by atoms with Crippen LogP contribution in [0.2, 0.25) is 5.02 Å². The number of benzene rings is 2. The van der Waals surface area contributed by atoms with Gasteiger partial charge in [-0.3, -0.25) is 0 Å². The highest BCUT2D eigenvalue weighted by Crippen LogP contribution is 2.33. The molecule has 0 bridgehead atoms. The quantitative estimate of drug-likeness (QED) is 0.772. The van der Waals surface area contributed by atoms with Crippen LogP contribution in [0.1, 0.15) is 13.3 Å². The van der Waals surface area contributed by atoms with E-state index in [2.05, 4.69) is 0 Å². The second-order valence-corrected chi connectivity index (χ2v) is 5.19. The number of carboxylic acid groups (broad SMARTS) is 1. The second kappa shape index (κ2) is 5.30. The maximum atomic E-state index is 11.0. The van der Waals surface area contributed by atoms with E-state index in [1.165, 1.54) is 0 Å². The molecule has 0 aliphatic rings. The number of hydrogen-bond donors (Lipinski definition) is 1. The fourth-order valence-electron chi connectivity index (χ4n) is 2.28. The Balaban J connectivity index is 2.06. The van der Waals surface area contributed by atoms with E-state index in [9.17, 15) is 4.79 Å². The van der Waals surface area contributed by atoms with Gasteiger partial charge in [0.05, 0.1) is 0 Å². The van der Waals surface area contributed by atoms with Gasteiger partial charge >= 0.3 is 5.97 Å². The number of halogens is 1. The summed E-state index contributed by atoms with van der Waals surface area (Å²) in [4.78, 5) is 11.0. The second-order valence-electron chi connectivity index (χ2n) is 4.75. The van der Waals surface area contributed by atoms with Gasteiger partial charge in [-0.2, -0.15) is 0 Å². The Morgan fingerprint density at radius 2 is 2.05 bits per heavy atom. The molecule has 3 aromatic rings. The highest BCUT2D eigenvalue weighted by molar-refractivity contribution is 6.31. The number of aliphatic carboxylic acids is 1. The number of hydrogen-bond acceptors (Lipinski definition) is 3. The van der Waals surface area contributed by atoms with Crippen LogP contribution in [0.3, 0.4) is 0 Å². The summed E-state index contributed by atoms with van der Waals surface area (Å²) in [7, 11) is 0. The van der Waals surface area contributed by atoms with Crippen LogP contribution in [0.5, 0.6) is 5.75 Å². The summed E-state index contributed by atoms with van der Waals surface area (Å²) in [6.07, 6.45) is -0.454. The SMILES string of the molecule is CCC(Oc1ccc2oc3cc(Cl)ccc3c2c1)C(=O)O. The van der Waals surface area contributed by atoms with Gasteiger partial charge in [0.15, 0.2) is 6.10 Å². The third kappa shape index (κ3) is 2.54. The molecule has 3 rings (SSSR count). The molecule has 1 heterocycles. The van der Waals surface area contributed by atoms with Crippen molar-refractivity contribution in [1.82, 2.24) is 0 Å². The van der Waals surface area contributed by atoms with Gasteiger partial charge in [0.1, 0.15) is 16.9 Å². The Hall–Kier alpha value is -2.20. The van der Waals surface area contributed by atoms with E-state index in [0.29, 0.717) is 28.4 Å². The zero-order valence-electron chi connectivity index (χ0n) is 11.3. The minimum absolute atomic E-state index is 0.398. The van der Waals surface area contributed by atoms with Crippen LogP contribution in [-0.4, -0.2) is 17.2 Å². The van der Waals surface area contributed by atoms with Crippen molar-refractivity contribution in [1.29, 1.82) is 0 Å². The first-order valence-corrected chi connectivity index (χ1v) is 6.97. The molecular formula is C16H13ClO4. The molecule has 2 aromatic carbocycles. The van der Waals surface area contributed by atoms with Crippen molar-refractivity contribution in [2.45, 2.75) is 19.4 Å². The van der Waals surface area contributed by atoms with Gasteiger partial charge in [0.25, 0.3) is 0 Å². The number of fused-ring (bicyclic) bond motifs is 3. The average molecular weight is 305 g/mol. The molecule has 21 heavy (non-hydrogen) atoms. The molecule has 4 nitrogen and oxygen atoms in total. The lowest BCUT2D eigenvalue weighted by atomic mass is 10.1. The first kappa shape index (κ1) is 13.8. The van der Waals surface area contributed by atoms with Crippen LogP contribution < -0.4 is 4.74 Å². The predicted octanol–water partition coefficient (Wildman–Crippen LogP) is 4.48. The lowest BCUT2D eigenvalue weighted by Gasteiger charge is -2.12. The molecule has 0 spiro atoms. The van der Waals surface area contributed by atoms with Crippen LogP contribution >= 0.6 is 11.6 Å². The van der Waals surface area contributed by atoms with Gasteiger partial charge in [-0.15, -0.1) is 0 Å². The van der Waals surface area contributed by atoms with E-state index >= 15 is 0 Å². The summed E-state index contributed by atoms with van der Waals surface area (Å²) < 4.78 is 11.2. The first-order valence-electron chi connectivity index (χ1n) is 6.59. The lowest BCUT2D eigenvalue weighted by Crippen LogP contribution is -2.25. The Morgan fingerprint density at radius 1 is 1.24 bits per heavy atom. The minimum atomic E-state index is -0.971. The van der Waals surface area contributed by atoms with Gasteiger partial charge < -0.3 is 14.3 Å². The molecule has 5 heteroatoms. The molecule has 0 saturated carbocycles. The fourth-order valence-corrected chi connectivity index (χ4v) is 2.44. The van der Waals surface area contributed by atoms with Crippen molar-refractivity contribution in [3.05, 3.63) is 41.4 Å². The van der Waals surface area contributed by atoms with Crippen molar-refractivity contribution in [3.63, 3.8) is 0 Å². The number of rotatable bonds is 4. The molecule has 0 fully saturated rings. The van der Waals surface area contributed by atoms with Gasteiger partial charge in [-0.05, 0) is 36.8 Å². The largest absolute Gasteiger partial charge is 0.479 e. The van der Waals surface area contributed by atoms with E-state index in [-0.39, 0.29) is 0 Å². The molecule has 0 aliphatic heterocycles. The third-order valence-corrected chi connectivity index (χ3v) is 3.56. The fraction of sp³-hybridized carbons (Fsp3) is 0.188. The molecule has 1 unspecified atom stereocenters. The number of carbonyl (C=O) groups is 1. The van der Waals surface area contributed by atoms with E-state index < -0.39 is 12.1 Å². The highest BCUT2D eigenvalue weighted by Gasteiger charge is 2.17. The van der Waals surface area contributed by atoms with E-state index in [0.717, 1.165) is 10.8 Å². The van der Waals surface area contributed by atoms with Gasteiger partial charge in [0.2, 0.25) is 0 Å². The van der Waals surface area contributed by atoms with Gasteiger partial charge in [-0.25, -0.2) is 4.79 Å². The summed E-state index contributed by atoms with van der Waals surface area (Å²) in [5, 5.41) is 11.5. The first-order chi connectivity index (χ1) is 10.1. The Morgan fingerprint density at radius 3 is 2.76 bits per heavy atom. The van der Waals surface area contributed by atoms with Gasteiger partial charge in [0, 0.05) is 21.9 Å². The summed E-state index contributed by atoms with van der Waals surface area (Å²) in [6, 6.07) is 10.7. The summed E-state index contributed by atoms with van der Waals surface area (Å²) >= 11 is 5.95. The van der Waals surface area contributed by atoms with Crippen LogP contribution in [0.4, 0.5) is 0 Å². The van der Waals surface area contributed by atoms with E-state index in [1.54, 1.807) is 37.3 Å². The molecule has 1 N–H and O–H groups in total.